The van der Waals surface area contributed by atoms with Crippen molar-refractivity contribution in [1.82, 2.24) is 10.2 Å². The summed E-state index contributed by atoms with van der Waals surface area (Å²) in [6.07, 6.45) is -4.25. The third kappa shape index (κ3) is 2.56. The highest BCUT2D eigenvalue weighted by Crippen LogP contribution is 2.34. The summed E-state index contributed by atoms with van der Waals surface area (Å²) in [5, 5.41) is 3.40. The quantitative estimate of drug-likeness (QED) is 0.898. The molecule has 110 valence electrons. The van der Waals surface area contributed by atoms with Gasteiger partial charge in [-0.15, -0.1) is 0 Å². The van der Waals surface area contributed by atoms with Gasteiger partial charge in [0.15, 0.2) is 0 Å². The lowest BCUT2D eigenvalue weighted by molar-refractivity contribution is -0.137. The fourth-order valence-electron chi connectivity index (χ4n) is 3.37. The van der Waals surface area contributed by atoms with Crippen LogP contribution < -0.4 is 5.32 Å². The third-order valence-corrected chi connectivity index (χ3v) is 4.69. The van der Waals surface area contributed by atoms with Crippen molar-refractivity contribution in [3.63, 3.8) is 0 Å². The molecule has 0 saturated carbocycles. The van der Waals surface area contributed by atoms with Gasteiger partial charge in [-0.3, -0.25) is 4.90 Å². The van der Waals surface area contributed by atoms with E-state index >= 15 is 0 Å². The number of hydrogen-bond acceptors (Lipinski definition) is 2. The standard InChI is InChI=1S/C15H19F3N2/c1-10(20-8-12-6-19-7-13(12)9-20)11-2-4-14(5-3-11)15(16,17)18/h2-5,10,12-13,19H,6-9H2,1H3. The van der Waals surface area contributed by atoms with E-state index in [4.69, 9.17) is 0 Å². The van der Waals surface area contributed by atoms with Crippen LogP contribution in [0.5, 0.6) is 0 Å². The lowest BCUT2D eigenvalue weighted by Gasteiger charge is -2.25. The van der Waals surface area contributed by atoms with Gasteiger partial charge < -0.3 is 5.32 Å². The molecule has 1 aromatic rings. The number of benzene rings is 1. The van der Waals surface area contributed by atoms with E-state index in [1.165, 1.54) is 12.1 Å². The molecule has 2 fully saturated rings. The van der Waals surface area contributed by atoms with Crippen LogP contribution in [-0.4, -0.2) is 31.1 Å². The van der Waals surface area contributed by atoms with Crippen molar-refractivity contribution in [1.29, 1.82) is 0 Å². The fraction of sp³-hybridized carbons (Fsp3) is 0.600. The summed E-state index contributed by atoms with van der Waals surface area (Å²) in [6, 6.07) is 5.77. The maximum Gasteiger partial charge on any atom is 0.416 e. The molecule has 0 radical (unpaired) electrons. The number of fused-ring (bicyclic) bond motifs is 1. The first kappa shape index (κ1) is 13.9. The van der Waals surface area contributed by atoms with E-state index in [1.807, 2.05) is 0 Å². The molecule has 0 bridgehead atoms. The Kier molecular flexibility index (Phi) is 3.50. The summed E-state index contributed by atoms with van der Waals surface area (Å²) in [6.45, 7) is 6.30. The molecular formula is C15H19F3N2. The Hall–Kier alpha value is -1.07. The second kappa shape index (κ2) is 5.04. The molecule has 2 aliphatic rings. The molecule has 2 nitrogen and oxygen atoms in total. The molecule has 1 aromatic carbocycles. The smallest absolute Gasteiger partial charge is 0.316 e. The average molecular weight is 284 g/mol. The van der Waals surface area contributed by atoms with Crippen LogP contribution in [0.4, 0.5) is 13.2 Å². The minimum absolute atomic E-state index is 0.183. The second-order valence-corrected chi connectivity index (χ2v) is 5.93. The lowest BCUT2D eigenvalue weighted by Crippen LogP contribution is -2.28. The number of likely N-dealkylation sites (tertiary alicyclic amines) is 1. The maximum absolute atomic E-state index is 12.6. The van der Waals surface area contributed by atoms with E-state index in [0.29, 0.717) is 11.8 Å². The number of nitrogens with one attached hydrogen (secondary N) is 1. The van der Waals surface area contributed by atoms with Gasteiger partial charge in [0, 0.05) is 19.1 Å². The van der Waals surface area contributed by atoms with Gasteiger partial charge in [-0.05, 0) is 49.5 Å². The third-order valence-electron chi connectivity index (χ3n) is 4.69. The second-order valence-electron chi connectivity index (χ2n) is 5.93. The number of nitrogens with zero attached hydrogens (tertiary/aromatic N) is 1. The maximum atomic E-state index is 12.6. The van der Waals surface area contributed by atoms with Crippen molar-refractivity contribution in [2.75, 3.05) is 26.2 Å². The van der Waals surface area contributed by atoms with E-state index in [0.717, 1.165) is 31.7 Å². The van der Waals surface area contributed by atoms with Gasteiger partial charge in [-0.1, -0.05) is 12.1 Å². The molecule has 1 N–H and O–H groups in total. The van der Waals surface area contributed by atoms with Crippen LogP contribution in [0.15, 0.2) is 24.3 Å². The molecule has 2 saturated heterocycles. The number of rotatable bonds is 2. The first-order chi connectivity index (χ1) is 9.45. The van der Waals surface area contributed by atoms with E-state index in [-0.39, 0.29) is 6.04 Å². The van der Waals surface area contributed by atoms with Crippen LogP contribution in [0.1, 0.15) is 24.1 Å². The summed E-state index contributed by atoms with van der Waals surface area (Å²) < 4.78 is 37.7. The van der Waals surface area contributed by atoms with Crippen molar-refractivity contribution in [2.45, 2.75) is 19.1 Å². The molecule has 0 amide bonds. The van der Waals surface area contributed by atoms with Gasteiger partial charge in [-0.25, -0.2) is 0 Å². The highest BCUT2D eigenvalue weighted by Gasteiger charge is 2.38. The van der Waals surface area contributed by atoms with Gasteiger partial charge >= 0.3 is 6.18 Å². The Morgan fingerprint density at radius 3 is 2.15 bits per heavy atom. The van der Waals surface area contributed by atoms with Crippen LogP contribution in [0.25, 0.3) is 0 Å². The molecule has 0 aliphatic carbocycles. The minimum Gasteiger partial charge on any atom is -0.316 e. The average Bonchev–Trinajstić information content (AvgIpc) is 2.97. The predicted octanol–water partition coefficient (Wildman–Crippen LogP) is 2.92. The molecule has 3 unspecified atom stereocenters. The van der Waals surface area contributed by atoms with Gasteiger partial charge in [0.25, 0.3) is 0 Å². The summed E-state index contributed by atoms with van der Waals surface area (Å²) in [5.74, 6) is 1.40. The highest BCUT2D eigenvalue weighted by atomic mass is 19.4. The fourth-order valence-corrected chi connectivity index (χ4v) is 3.37. The Bertz CT molecular complexity index is 457. The molecule has 3 atom stereocenters. The first-order valence-electron chi connectivity index (χ1n) is 7.07. The molecule has 5 heteroatoms. The summed E-state index contributed by atoms with van der Waals surface area (Å²) in [5.41, 5.74) is 0.391. The SMILES string of the molecule is CC(c1ccc(C(F)(F)F)cc1)N1CC2CNCC2C1. The molecular weight excluding hydrogens is 265 g/mol. The zero-order valence-corrected chi connectivity index (χ0v) is 11.5. The molecule has 20 heavy (non-hydrogen) atoms. The zero-order chi connectivity index (χ0) is 14.3. The Labute approximate surface area is 117 Å². The van der Waals surface area contributed by atoms with Crippen molar-refractivity contribution in [3.05, 3.63) is 35.4 Å². The molecule has 2 heterocycles. The lowest BCUT2D eigenvalue weighted by atomic mass is 10.0. The molecule has 2 aliphatic heterocycles. The summed E-state index contributed by atoms with van der Waals surface area (Å²) in [4.78, 5) is 2.39. The Balaban J connectivity index is 1.70. The van der Waals surface area contributed by atoms with Crippen molar-refractivity contribution >= 4 is 0 Å². The van der Waals surface area contributed by atoms with Crippen LogP contribution in [0, 0.1) is 11.8 Å². The van der Waals surface area contributed by atoms with Gasteiger partial charge in [-0.2, -0.15) is 13.2 Å². The van der Waals surface area contributed by atoms with E-state index in [1.54, 1.807) is 12.1 Å². The zero-order valence-electron chi connectivity index (χ0n) is 11.5. The monoisotopic (exact) mass is 284 g/mol. The molecule has 0 aromatic heterocycles. The van der Waals surface area contributed by atoms with E-state index in [9.17, 15) is 13.2 Å². The Morgan fingerprint density at radius 2 is 1.65 bits per heavy atom. The van der Waals surface area contributed by atoms with Crippen molar-refractivity contribution < 1.29 is 13.2 Å². The van der Waals surface area contributed by atoms with Crippen LogP contribution >= 0.6 is 0 Å². The number of alkyl halides is 3. The van der Waals surface area contributed by atoms with Crippen molar-refractivity contribution in [2.24, 2.45) is 11.8 Å². The number of halogens is 3. The van der Waals surface area contributed by atoms with Gasteiger partial charge in [0.1, 0.15) is 0 Å². The van der Waals surface area contributed by atoms with E-state index in [2.05, 4.69) is 17.1 Å². The molecule has 3 rings (SSSR count). The summed E-state index contributed by atoms with van der Waals surface area (Å²) >= 11 is 0. The Morgan fingerprint density at radius 1 is 1.10 bits per heavy atom. The van der Waals surface area contributed by atoms with Gasteiger partial charge in [0.2, 0.25) is 0 Å². The largest absolute Gasteiger partial charge is 0.416 e. The van der Waals surface area contributed by atoms with Crippen LogP contribution in [0.2, 0.25) is 0 Å². The predicted molar refractivity (Wildman–Crippen MR) is 71.3 cm³/mol. The topological polar surface area (TPSA) is 15.3 Å². The highest BCUT2D eigenvalue weighted by molar-refractivity contribution is 5.26. The minimum atomic E-state index is -4.25. The summed E-state index contributed by atoms with van der Waals surface area (Å²) in [7, 11) is 0. The van der Waals surface area contributed by atoms with Gasteiger partial charge in [0.05, 0.1) is 5.56 Å². The van der Waals surface area contributed by atoms with Crippen LogP contribution in [-0.2, 0) is 6.18 Å². The normalized spacial score (nSPS) is 28.6. The molecule has 0 spiro atoms. The van der Waals surface area contributed by atoms with E-state index < -0.39 is 11.7 Å². The number of hydrogen-bond donors (Lipinski definition) is 1. The van der Waals surface area contributed by atoms with Crippen LogP contribution in [0.3, 0.4) is 0 Å². The van der Waals surface area contributed by atoms with Crippen molar-refractivity contribution in [3.8, 4) is 0 Å². The first-order valence-corrected chi connectivity index (χ1v) is 7.07.